The van der Waals surface area contributed by atoms with Crippen molar-refractivity contribution >= 4 is 11.7 Å². The first-order valence-electron chi connectivity index (χ1n) is 6.92. The SMILES string of the molecule is CC1CC(C(=O)NCC2CCCOC2)(C(N)=NO)C1. The van der Waals surface area contributed by atoms with Crippen LogP contribution in [0.4, 0.5) is 0 Å². The van der Waals surface area contributed by atoms with Gasteiger partial charge in [-0.15, -0.1) is 0 Å². The summed E-state index contributed by atoms with van der Waals surface area (Å²) in [5, 5.41) is 14.8. The van der Waals surface area contributed by atoms with Gasteiger partial charge in [-0.25, -0.2) is 0 Å². The summed E-state index contributed by atoms with van der Waals surface area (Å²) in [6.45, 7) is 4.18. The number of carbonyl (C=O) groups excluding carboxylic acids is 1. The van der Waals surface area contributed by atoms with Crippen LogP contribution in [0, 0.1) is 17.3 Å². The van der Waals surface area contributed by atoms with E-state index in [0.717, 1.165) is 19.4 Å². The number of rotatable bonds is 4. The third-order valence-corrected chi connectivity index (χ3v) is 4.23. The summed E-state index contributed by atoms with van der Waals surface area (Å²) >= 11 is 0. The molecule has 1 aliphatic carbocycles. The van der Waals surface area contributed by atoms with E-state index in [1.165, 1.54) is 0 Å². The minimum Gasteiger partial charge on any atom is -0.409 e. The van der Waals surface area contributed by atoms with Crippen molar-refractivity contribution < 1.29 is 14.7 Å². The number of hydrogen-bond acceptors (Lipinski definition) is 4. The average molecular weight is 269 g/mol. The molecule has 1 unspecified atom stereocenters. The fraction of sp³-hybridized carbons (Fsp3) is 0.846. The van der Waals surface area contributed by atoms with Gasteiger partial charge >= 0.3 is 0 Å². The molecule has 1 saturated carbocycles. The van der Waals surface area contributed by atoms with Crippen LogP contribution in [0.1, 0.15) is 32.6 Å². The molecule has 0 spiro atoms. The number of amides is 1. The molecule has 2 fully saturated rings. The lowest BCUT2D eigenvalue weighted by Crippen LogP contribution is -2.57. The molecule has 1 aliphatic heterocycles. The molecule has 108 valence electrons. The molecule has 0 aromatic heterocycles. The van der Waals surface area contributed by atoms with Crippen molar-refractivity contribution in [1.29, 1.82) is 0 Å². The summed E-state index contributed by atoms with van der Waals surface area (Å²) in [5.74, 6) is 0.720. The van der Waals surface area contributed by atoms with Gasteiger partial charge in [0, 0.05) is 13.2 Å². The Morgan fingerprint density at radius 1 is 1.58 bits per heavy atom. The number of nitrogens with one attached hydrogen (secondary N) is 1. The van der Waals surface area contributed by atoms with Gasteiger partial charge < -0.3 is 21.0 Å². The molecule has 0 aromatic rings. The van der Waals surface area contributed by atoms with Crippen LogP contribution in [0.5, 0.6) is 0 Å². The molecule has 4 N–H and O–H groups in total. The second kappa shape index (κ2) is 5.77. The Morgan fingerprint density at radius 2 is 2.32 bits per heavy atom. The van der Waals surface area contributed by atoms with Crippen LogP contribution in [0.15, 0.2) is 5.16 Å². The lowest BCUT2D eigenvalue weighted by Gasteiger charge is -2.43. The van der Waals surface area contributed by atoms with E-state index in [-0.39, 0.29) is 11.7 Å². The summed E-state index contributed by atoms with van der Waals surface area (Å²) in [6, 6.07) is 0. The van der Waals surface area contributed by atoms with Crippen LogP contribution in [-0.4, -0.2) is 36.7 Å². The van der Waals surface area contributed by atoms with Crippen molar-refractivity contribution in [3.05, 3.63) is 0 Å². The van der Waals surface area contributed by atoms with Crippen molar-refractivity contribution in [3.63, 3.8) is 0 Å². The normalized spacial score (nSPS) is 35.5. The fourth-order valence-electron chi connectivity index (χ4n) is 3.11. The largest absolute Gasteiger partial charge is 0.409 e. The summed E-state index contributed by atoms with van der Waals surface area (Å²) in [5.41, 5.74) is 4.90. The first-order chi connectivity index (χ1) is 9.08. The van der Waals surface area contributed by atoms with E-state index in [9.17, 15) is 4.79 Å². The Kier molecular flexibility index (Phi) is 4.29. The second-order valence-electron chi connectivity index (χ2n) is 5.87. The third kappa shape index (κ3) is 2.83. The van der Waals surface area contributed by atoms with Crippen molar-refractivity contribution in [1.82, 2.24) is 5.32 Å². The number of ether oxygens (including phenoxy) is 1. The number of oxime groups is 1. The van der Waals surface area contributed by atoms with Gasteiger partial charge in [0.1, 0.15) is 5.41 Å². The van der Waals surface area contributed by atoms with Crippen molar-refractivity contribution in [2.45, 2.75) is 32.6 Å². The summed E-state index contributed by atoms with van der Waals surface area (Å²) in [4.78, 5) is 12.3. The molecule has 0 bridgehead atoms. The van der Waals surface area contributed by atoms with E-state index >= 15 is 0 Å². The van der Waals surface area contributed by atoms with Gasteiger partial charge in [-0.1, -0.05) is 12.1 Å². The van der Waals surface area contributed by atoms with Gasteiger partial charge in [-0.05, 0) is 37.5 Å². The van der Waals surface area contributed by atoms with Crippen LogP contribution in [0.25, 0.3) is 0 Å². The molecule has 0 aromatic carbocycles. The summed E-state index contributed by atoms with van der Waals surface area (Å²) < 4.78 is 5.39. The second-order valence-corrected chi connectivity index (χ2v) is 5.87. The molecule has 1 atom stereocenters. The minimum atomic E-state index is -0.802. The maximum absolute atomic E-state index is 12.3. The molecular formula is C13H23N3O3. The van der Waals surface area contributed by atoms with Crippen LogP contribution < -0.4 is 11.1 Å². The maximum atomic E-state index is 12.3. The molecule has 1 saturated heterocycles. The molecule has 19 heavy (non-hydrogen) atoms. The number of nitrogens with zero attached hydrogens (tertiary/aromatic N) is 1. The quantitative estimate of drug-likeness (QED) is 0.303. The smallest absolute Gasteiger partial charge is 0.233 e. The Labute approximate surface area is 113 Å². The lowest BCUT2D eigenvalue weighted by atomic mass is 9.61. The molecule has 6 nitrogen and oxygen atoms in total. The van der Waals surface area contributed by atoms with E-state index < -0.39 is 5.41 Å². The first-order valence-corrected chi connectivity index (χ1v) is 6.92. The van der Waals surface area contributed by atoms with Gasteiger partial charge in [0.15, 0.2) is 5.84 Å². The van der Waals surface area contributed by atoms with Crippen LogP contribution in [0.3, 0.4) is 0 Å². The molecule has 6 heteroatoms. The molecule has 1 amide bonds. The van der Waals surface area contributed by atoms with Gasteiger partial charge in [-0.3, -0.25) is 4.79 Å². The van der Waals surface area contributed by atoms with Gasteiger partial charge in [0.25, 0.3) is 0 Å². The van der Waals surface area contributed by atoms with E-state index in [1.807, 2.05) is 0 Å². The third-order valence-electron chi connectivity index (χ3n) is 4.23. The van der Waals surface area contributed by atoms with E-state index in [0.29, 0.717) is 37.8 Å². The topological polar surface area (TPSA) is 96.9 Å². The molecular weight excluding hydrogens is 246 g/mol. The van der Waals surface area contributed by atoms with Gasteiger partial charge in [-0.2, -0.15) is 0 Å². The van der Waals surface area contributed by atoms with Gasteiger partial charge in [0.05, 0.1) is 6.61 Å². The Morgan fingerprint density at radius 3 is 2.84 bits per heavy atom. The number of amidine groups is 1. The highest BCUT2D eigenvalue weighted by Crippen LogP contribution is 2.45. The predicted octanol–water partition coefficient (Wildman–Crippen LogP) is 0.692. The Balaban J connectivity index is 1.90. The lowest BCUT2D eigenvalue weighted by molar-refractivity contribution is -0.133. The highest BCUT2D eigenvalue weighted by molar-refractivity contribution is 6.07. The fourth-order valence-corrected chi connectivity index (χ4v) is 3.11. The summed E-state index contributed by atoms with van der Waals surface area (Å²) in [6.07, 6.45) is 3.42. The number of hydrogen-bond donors (Lipinski definition) is 3. The zero-order valence-corrected chi connectivity index (χ0v) is 11.4. The standard InChI is InChI=1S/C13H23N3O3/c1-9-5-13(6-9,11(14)16-18)12(17)15-7-10-3-2-4-19-8-10/h9-10,18H,2-8H2,1H3,(H2,14,16)(H,15,17). The molecule has 0 radical (unpaired) electrons. The number of carbonyl (C=O) groups is 1. The molecule has 2 aliphatic rings. The maximum Gasteiger partial charge on any atom is 0.233 e. The van der Waals surface area contributed by atoms with E-state index in [2.05, 4.69) is 17.4 Å². The van der Waals surface area contributed by atoms with Crippen molar-refractivity contribution in [3.8, 4) is 0 Å². The molecule has 2 rings (SSSR count). The van der Waals surface area contributed by atoms with E-state index in [1.54, 1.807) is 0 Å². The summed E-state index contributed by atoms with van der Waals surface area (Å²) in [7, 11) is 0. The van der Waals surface area contributed by atoms with Crippen LogP contribution in [-0.2, 0) is 9.53 Å². The van der Waals surface area contributed by atoms with Crippen LogP contribution in [0.2, 0.25) is 0 Å². The monoisotopic (exact) mass is 269 g/mol. The predicted molar refractivity (Wildman–Crippen MR) is 70.8 cm³/mol. The zero-order valence-electron chi connectivity index (χ0n) is 11.4. The minimum absolute atomic E-state index is 0.0306. The van der Waals surface area contributed by atoms with Gasteiger partial charge in [0.2, 0.25) is 5.91 Å². The zero-order chi connectivity index (χ0) is 13.9. The Hall–Kier alpha value is -1.30. The Bertz CT molecular complexity index is 358. The molecule has 1 heterocycles. The van der Waals surface area contributed by atoms with Crippen molar-refractivity contribution in [2.24, 2.45) is 28.1 Å². The highest BCUT2D eigenvalue weighted by atomic mass is 16.5. The van der Waals surface area contributed by atoms with E-state index in [4.69, 9.17) is 15.7 Å². The van der Waals surface area contributed by atoms with Crippen molar-refractivity contribution in [2.75, 3.05) is 19.8 Å². The highest BCUT2D eigenvalue weighted by Gasteiger charge is 2.52. The first kappa shape index (κ1) is 14.1. The van der Waals surface area contributed by atoms with Crippen LogP contribution >= 0.6 is 0 Å². The average Bonchev–Trinajstić information content (AvgIpc) is 2.41. The number of nitrogens with two attached hydrogens (primary N) is 1.